The molecule has 0 unspecified atom stereocenters. The summed E-state index contributed by atoms with van der Waals surface area (Å²) in [6.45, 7) is 5.51. The van der Waals surface area contributed by atoms with E-state index < -0.39 is 11.1 Å². The first-order chi connectivity index (χ1) is 11.8. The van der Waals surface area contributed by atoms with Crippen LogP contribution in [0.4, 0.5) is 0 Å². The number of benzene rings is 1. The summed E-state index contributed by atoms with van der Waals surface area (Å²) in [4.78, 5) is 25.6. The molecule has 1 N–H and O–H groups in total. The number of ether oxygens (including phenoxy) is 1. The lowest BCUT2D eigenvalue weighted by molar-refractivity contribution is -0.164. The monoisotopic (exact) mass is 343 g/mol. The molecular weight excluding hydrogens is 318 g/mol. The summed E-state index contributed by atoms with van der Waals surface area (Å²) < 4.78 is 11.2. The highest BCUT2D eigenvalue weighted by atomic mass is 16.6. The zero-order chi connectivity index (χ0) is 18.1. The molecule has 1 amide bonds. The van der Waals surface area contributed by atoms with E-state index in [2.05, 4.69) is 5.32 Å². The molecule has 0 bridgehead atoms. The first-order valence-corrected chi connectivity index (χ1v) is 8.84. The van der Waals surface area contributed by atoms with Crippen LogP contribution in [-0.2, 0) is 9.53 Å². The van der Waals surface area contributed by atoms with Gasteiger partial charge in [-0.25, -0.2) is 4.79 Å². The minimum absolute atomic E-state index is 0.217. The van der Waals surface area contributed by atoms with Crippen molar-refractivity contribution in [1.82, 2.24) is 5.32 Å². The Morgan fingerprint density at radius 2 is 1.80 bits per heavy atom. The van der Waals surface area contributed by atoms with Crippen LogP contribution >= 0.6 is 0 Å². The number of carbonyl (C=O) groups excluding carboxylic acids is 2. The Balaban J connectivity index is 1.84. The molecule has 0 saturated heterocycles. The lowest BCUT2D eigenvalue weighted by Gasteiger charge is -2.37. The molecule has 1 aromatic carbocycles. The molecule has 2 aromatic rings. The number of furan rings is 1. The first-order valence-electron chi connectivity index (χ1n) is 8.84. The van der Waals surface area contributed by atoms with E-state index in [0.717, 1.165) is 24.6 Å². The third-order valence-corrected chi connectivity index (χ3v) is 4.50. The molecular formula is C20H25NO4. The van der Waals surface area contributed by atoms with Gasteiger partial charge in [0.15, 0.2) is 5.76 Å². The number of fused-ring (bicyclic) bond motifs is 1. The van der Waals surface area contributed by atoms with E-state index in [-0.39, 0.29) is 17.6 Å². The van der Waals surface area contributed by atoms with Crippen LogP contribution in [0.5, 0.6) is 0 Å². The molecule has 0 radical (unpaired) electrons. The summed E-state index contributed by atoms with van der Waals surface area (Å²) in [7, 11) is 0. The van der Waals surface area contributed by atoms with Crippen LogP contribution in [0.3, 0.4) is 0 Å². The van der Waals surface area contributed by atoms with Crippen molar-refractivity contribution in [2.45, 2.75) is 64.0 Å². The van der Waals surface area contributed by atoms with Crippen molar-refractivity contribution in [3.63, 3.8) is 0 Å². The fourth-order valence-corrected chi connectivity index (χ4v) is 3.28. The van der Waals surface area contributed by atoms with Gasteiger partial charge in [-0.05, 0) is 45.7 Å². The van der Waals surface area contributed by atoms with E-state index in [4.69, 9.17) is 9.15 Å². The minimum Gasteiger partial charge on any atom is -0.458 e. The summed E-state index contributed by atoms with van der Waals surface area (Å²) in [6.07, 6.45) is 4.02. The second-order valence-electron chi connectivity index (χ2n) is 7.75. The van der Waals surface area contributed by atoms with Crippen molar-refractivity contribution < 1.29 is 18.7 Å². The number of nitrogens with one attached hydrogen (secondary N) is 1. The summed E-state index contributed by atoms with van der Waals surface area (Å²) in [5, 5.41) is 3.79. The van der Waals surface area contributed by atoms with E-state index >= 15 is 0 Å². The molecule has 0 spiro atoms. The van der Waals surface area contributed by atoms with Gasteiger partial charge in [-0.15, -0.1) is 0 Å². The number of carbonyl (C=O) groups is 2. The Morgan fingerprint density at radius 1 is 1.12 bits per heavy atom. The van der Waals surface area contributed by atoms with E-state index in [1.165, 1.54) is 0 Å². The van der Waals surface area contributed by atoms with Gasteiger partial charge in [0.05, 0.1) is 0 Å². The van der Waals surface area contributed by atoms with Gasteiger partial charge in [-0.1, -0.05) is 37.5 Å². The lowest BCUT2D eigenvalue weighted by Crippen LogP contribution is -2.57. The number of rotatable bonds is 3. The highest BCUT2D eigenvalue weighted by Gasteiger charge is 2.44. The van der Waals surface area contributed by atoms with Gasteiger partial charge in [0.2, 0.25) is 0 Å². The Kier molecular flexibility index (Phi) is 4.58. The average Bonchev–Trinajstić information content (AvgIpc) is 2.98. The van der Waals surface area contributed by atoms with Crippen molar-refractivity contribution in [2.75, 3.05) is 0 Å². The summed E-state index contributed by atoms with van der Waals surface area (Å²) >= 11 is 0. The number of esters is 1. The molecule has 1 saturated carbocycles. The molecule has 1 heterocycles. The van der Waals surface area contributed by atoms with Crippen LogP contribution in [0.25, 0.3) is 11.0 Å². The van der Waals surface area contributed by atoms with Crippen molar-refractivity contribution in [1.29, 1.82) is 0 Å². The molecule has 1 aromatic heterocycles. The second kappa shape index (κ2) is 6.54. The van der Waals surface area contributed by atoms with E-state index in [9.17, 15) is 9.59 Å². The van der Waals surface area contributed by atoms with Crippen LogP contribution in [0.2, 0.25) is 0 Å². The van der Waals surface area contributed by atoms with E-state index in [1.807, 2.05) is 45.0 Å². The average molecular weight is 343 g/mol. The Morgan fingerprint density at radius 3 is 2.44 bits per heavy atom. The lowest BCUT2D eigenvalue weighted by atomic mass is 9.81. The van der Waals surface area contributed by atoms with E-state index in [0.29, 0.717) is 18.4 Å². The SMILES string of the molecule is CC(C)(C)OC(=O)C1(NC(=O)c2cc3ccccc3o2)CCCCC1. The molecule has 25 heavy (non-hydrogen) atoms. The van der Waals surface area contributed by atoms with Gasteiger partial charge < -0.3 is 14.5 Å². The normalized spacial score (nSPS) is 17.2. The predicted octanol–water partition coefficient (Wildman–Crippen LogP) is 4.21. The predicted molar refractivity (Wildman–Crippen MR) is 95.3 cm³/mol. The number of hydrogen-bond donors (Lipinski definition) is 1. The molecule has 0 atom stereocenters. The Labute approximate surface area is 147 Å². The largest absolute Gasteiger partial charge is 0.458 e. The van der Waals surface area contributed by atoms with Gasteiger partial charge in [-0.2, -0.15) is 0 Å². The first kappa shape index (κ1) is 17.5. The molecule has 134 valence electrons. The van der Waals surface area contributed by atoms with Crippen LogP contribution in [0.15, 0.2) is 34.7 Å². The molecule has 1 aliphatic carbocycles. The maximum atomic E-state index is 12.8. The van der Waals surface area contributed by atoms with Crippen LogP contribution in [-0.4, -0.2) is 23.0 Å². The number of amides is 1. The zero-order valence-corrected chi connectivity index (χ0v) is 15.1. The van der Waals surface area contributed by atoms with Crippen molar-refractivity contribution in [3.8, 4) is 0 Å². The van der Waals surface area contributed by atoms with E-state index in [1.54, 1.807) is 6.07 Å². The van der Waals surface area contributed by atoms with Gasteiger partial charge in [0.25, 0.3) is 5.91 Å². The minimum atomic E-state index is -0.971. The standard InChI is InChI=1S/C20H25NO4/c1-19(2,3)25-18(23)20(11-7-4-8-12-20)21-17(22)16-13-14-9-5-6-10-15(14)24-16/h5-6,9-10,13H,4,7-8,11-12H2,1-3H3,(H,21,22). The topological polar surface area (TPSA) is 68.5 Å². The van der Waals surface area contributed by atoms with Gasteiger partial charge in [0.1, 0.15) is 16.7 Å². The van der Waals surface area contributed by atoms with Crippen LogP contribution in [0, 0.1) is 0 Å². The van der Waals surface area contributed by atoms with Gasteiger partial charge in [0, 0.05) is 5.39 Å². The van der Waals surface area contributed by atoms with Crippen LogP contribution in [0.1, 0.15) is 63.4 Å². The van der Waals surface area contributed by atoms with Crippen molar-refractivity contribution in [2.24, 2.45) is 0 Å². The third-order valence-electron chi connectivity index (χ3n) is 4.50. The Hall–Kier alpha value is -2.30. The summed E-state index contributed by atoms with van der Waals surface area (Å²) in [5.41, 5.74) is -0.907. The highest BCUT2D eigenvalue weighted by Crippen LogP contribution is 2.31. The zero-order valence-electron chi connectivity index (χ0n) is 15.1. The summed E-state index contributed by atoms with van der Waals surface area (Å²) in [5.74, 6) is -0.511. The van der Waals surface area contributed by atoms with Gasteiger partial charge >= 0.3 is 5.97 Å². The maximum Gasteiger partial charge on any atom is 0.332 e. The molecule has 1 aliphatic rings. The quantitative estimate of drug-likeness (QED) is 0.848. The molecule has 5 nitrogen and oxygen atoms in total. The molecule has 5 heteroatoms. The molecule has 0 aliphatic heterocycles. The van der Waals surface area contributed by atoms with Crippen molar-refractivity contribution in [3.05, 3.63) is 36.1 Å². The third kappa shape index (κ3) is 3.86. The smallest absolute Gasteiger partial charge is 0.332 e. The maximum absolute atomic E-state index is 12.8. The molecule has 1 fully saturated rings. The highest BCUT2D eigenvalue weighted by molar-refractivity contribution is 5.99. The second-order valence-corrected chi connectivity index (χ2v) is 7.75. The van der Waals surface area contributed by atoms with Gasteiger partial charge in [-0.3, -0.25) is 4.79 Å². The fraction of sp³-hybridized carbons (Fsp3) is 0.500. The number of para-hydroxylation sites is 1. The van der Waals surface area contributed by atoms with Crippen LogP contribution < -0.4 is 5.32 Å². The number of hydrogen-bond acceptors (Lipinski definition) is 4. The summed E-state index contributed by atoms with van der Waals surface area (Å²) in [6, 6.07) is 9.16. The molecule has 3 rings (SSSR count). The fourth-order valence-electron chi connectivity index (χ4n) is 3.28. The Bertz CT molecular complexity index is 745. The van der Waals surface area contributed by atoms with Crippen molar-refractivity contribution >= 4 is 22.8 Å².